The van der Waals surface area contributed by atoms with Crippen LogP contribution in [0.2, 0.25) is 0 Å². The van der Waals surface area contributed by atoms with Crippen molar-refractivity contribution >= 4 is 48.6 Å². The minimum absolute atomic E-state index is 0.336. The van der Waals surface area contributed by atoms with Crippen molar-refractivity contribution in [1.29, 1.82) is 0 Å². The van der Waals surface area contributed by atoms with Gasteiger partial charge in [0.1, 0.15) is 0 Å². The molecule has 1 heterocycles. The van der Waals surface area contributed by atoms with Gasteiger partial charge in [-0.05, 0) is 110 Å². The van der Waals surface area contributed by atoms with Crippen LogP contribution in [-0.2, 0) is 10.8 Å². The zero-order chi connectivity index (χ0) is 43.1. The Labute approximate surface area is 384 Å². The monoisotopic (exact) mass is 845 g/mol. The highest BCUT2D eigenvalue weighted by Crippen LogP contribution is 2.60. The van der Waals surface area contributed by atoms with Crippen LogP contribution in [0, 0.1) is 0 Å². The molecule has 306 valence electrons. The number of nitrogens with zero attached hydrogens (tertiary/aromatic N) is 1. The second-order valence-electron chi connectivity index (χ2n) is 17.7. The van der Waals surface area contributed by atoms with Gasteiger partial charge >= 0.3 is 0 Å². The first-order valence-electron chi connectivity index (χ1n) is 22.6. The Morgan fingerprint density at radius 3 is 1.65 bits per heavy atom. The Hall–Kier alpha value is -7.78. The molecule has 11 aromatic rings. The summed E-state index contributed by atoms with van der Waals surface area (Å²) in [6.45, 7) is 2.41. The summed E-state index contributed by atoms with van der Waals surface area (Å²) in [4.78, 5) is 2.53. The van der Waals surface area contributed by atoms with Crippen LogP contribution in [0.4, 0.5) is 17.1 Å². The minimum Gasteiger partial charge on any atom is -0.310 e. The third-order valence-electron chi connectivity index (χ3n) is 14.4. The predicted molar refractivity (Wildman–Crippen MR) is 274 cm³/mol. The standard InChI is InChI=1S/C63H43NS/c1-62(43-19-5-2-6-20-43)54-30-14-12-27-53(54)60-56(62)32-18-33-58(60)64(46-37-35-42(36-38-46)48-28-17-29-52-51-26-13-16-34-59(51)65-61(48)52)47-39-40-50-49-25-11-15-31-55(49)63(57(50)41-47,44-21-7-3-8-22-44)45-23-9-4-10-24-45/h2-41H,1H3. The van der Waals surface area contributed by atoms with E-state index in [1.165, 1.54) is 92.5 Å². The van der Waals surface area contributed by atoms with Gasteiger partial charge in [0.05, 0.1) is 11.1 Å². The molecule has 1 atom stereocenters. The van der Waals surface area contributed by atoms with E-state index in [0.29, 0.717) is 0 Å². The third-order valence-corrected chi connectivity index (χ3v) is 15.7. The molecule has 1 unspecified atom stereocenters. The minimum atomic E-state index is -0.528. The second kappa shape index (κ2) is 14.6. The summed E-state index contributed by atoms with van der Waals surface area (Å²) < 4.78 is 2.65. The van der Waals surface area contributed by atoms with Gasteiger partial charge in [-0.25, -0.2) is 0 Å². The summed E-state index contributed by atoms with van der Waals surface area (Å²) in [6.07, 6.45) is 0. The van der Waals surface area contributed by atoms with E-state index in [0.717, 1.165) is 17.1 Å². The van der Waals surface area contributed by atoms with Gasteiger partial charge in [-0.2, -0.15) is 0 Å². The molecule has 2 aliphatic rings. The average molecular weight is 846 g/mol. The fraction of sp³-hybridized carbons (Fsp3) is 0.0476. The lowest BCUT2D eigenvalue weighted by Crippen LogP contribution is -2.28. The number of fused-ring (bicyclic) bond motifs is 9. The van der Waals surface area contributed by atoms with Crippen LogP contribution in [0.3, 0.4) is 0 Å². The topological polar surface area (TPSA) is 3.24 Å². The van der Waals surface area contributed by atoms with E-state index in [1.807, 2.05) is 11.3 Å². The first-order chi connectivity index (χ1) is 32.1. The van der Waals surface area contributed by atoms with Crippen molar-refractivity contribution < 1.29 is 0 Å². The SMILES string of the molecule is CC1(c2ccccc2)c2ccccc2-c2c(N(c3ccc(-c4cccc5c4sc4ccccc45)cc3)c3ccc4c(c3)C(c3ccccc3)(c3ccccc3)c3ccccc3-4)cccc21. The molecule has 0 aliphatic heterocycles. The van der Waals surface area contributed by atoms with Gasteiger partial charge in [-0.1, -0.05) is 206 Å². The Bertz CT molecular complexity index is 3570. The van der Waals surface area contributed by atoms with E-state index in [4.69, 9.17) is 0 Å². The summed E-state index contributed by atoms with van der Waals surface area (Å²) >= 11 is 1.88. The van der Waals surface area contributed by atoms with Crippen LogP contribution < -0.4 is 4.90 Å². The van der Waals surface area contributed by atoms with Gasteiger partial charge in [0.2, 0.25) is 0 Å². The highest BCUT2D eigenvalue weighted by atomic mass is 32.1. The Morgan fingerprint density at radius 2 is 0.908 bits per heavy atom. The highest BCUT2D eigenvalue weighted by molar-refractivity contribution is 7.26. The maximum Gasteiger partial charge on any atom is 0.0714 e. The summed E-state index contributed by atoms with van der Waals surface area (Å²) in [5, 5.41) is 2.63. The first kappa shape index (κ1) is 37.7. The molecule has 0 amide bonds. The van der Waals surface area contributed by atoms with E-state index in [-0.39, 0.29) is 5.41 Å². The van der Waals surface area contributed by atoms with Gasteiger partial charge < -0.3 is 4.90 Å². The number of benzene rings is 10. The molecule has 0 N–H and O–H groups in total. The molecule has 0 radical (unpaired) electrons. The Morgan fingerprint density at radius 1 is 0.369 bits per heavy atom. The first-order valence-corrected chi connectivity index (χ1v) is 23.4. The van der Waals surface area contributed by atoms with Gasteiger partial charge in [0.25, 0.3) is 0 Å². The molecule has 2 aliphatic carbocycles. The lowest BCUT2D eigenvalue weighted by Gasteiger charge is -2.35. The molecule has 10 aromatic carbocycles. The van der Waals surface area contributed by atoms with Crippen LogP contribution in [0.1, 0.15) is 45.9 Å². The van der Waals surface area contributed by atoms with E-state index in [2.05, 4.69) is 254 Å². The second-order valence-corrected chi connectivity index (χ2v) is 18.7. The largest absolute Gasteiger partial charge is 0.310 e. The smallest absolute Gasteiger partial charge is 0.0714 e. The van der Waals surface area contributed by atoms with Crippen molar-refractivity contribution in [2.45, 2.75) is 17.8 Å². The molecule has 0 spiro atoms. The zero-order valence-corrected chi connectivity index (χ0v) is 36.8. The molecule has 0 saturated carbocycles. The Balaban J connectivity index is 1.07. The maximum atomic E-state index is 2.53. The zero-order valence-electron chi connectivity index (χ0n) is 35.9. The van der Waals surface area contributed by atoms with E-state index in [9.17, 15) is 0 Å². The lowest BCUT2D eigenvalue weighted by molar-refractivity contribution is 0.714. The number of hydrogen-bond acceptors (Lipinski definition) is 2. The fourth-order valence-corrected chi connectivity index (χ4v) is 12.8. The quantitative estimate of drug-likeness (QED) is 0.154. The van der Waals surface area contributed by atoms with Crippen molar-refractivity contribution in [1.82, 2.24) is 0 Å². The van der Waals surface area contributed by atoms with Crippen molar-refractivity contribution in [3.8, 4) is 33.4 Å². The number of rotatable bonds is 7. The lowest BCUT2D eigenvalue weighted by atomic mass is 9.67. The molecule has 13 rings (SSSR count). The van der Waals surface area contributed by atoms with E-state index < -0.39 is 5.41 Å². The fourth-order valence-electron chi connectivity index (χ4n) is 11.6. The normalized spacial score (nSPS) is 15.3. The van der Waals surface area contributed by atoms with Crippen LogP contribution in [0.25, 0.3) is 53.6 Å². The van der Waals surface area contributed by atoms with Crippen LogP contribution in [0.15, 0.2) is 243 Å². The molecule has 0 bridgehead atoms. The number of anilines is 3. The van der Waals surface area contributed by atoms with Gasteiger partial charge in [-0.15, -0.1) is 11.3 Å². The molecule has 65 heavy (non-hydrogen) atoms. The van der Waals surface area contributed by atoms with Crippen molar-refractivity contribution in [2.24, 2.45) is 0 Å². The van der Waals surface area contributed by atoms with Gasteiger partial charge in [0, 0.05) is 42.5 Å². The van der Waals surface area contributed by atoms with Crippen molar-refractivity contribution in [3.05, 3.63) is 282 Å². The van der Waals surface area contributed by atoms with Crippen molar-refractivity contribution in [2.75, 3.05) is 4.90 Å². The molecular formula is C63H43NS. The van der Waals surface area contributed by atoms with Crippen LogP contribution >= 0.6 is 11.3 Å². The van der Waals surface area contributed by atoms with E-state index in [1.54, 1.807) is 0 Å². The summed E-state index contributed by atoms with van der Waals surface area (Å²) in [5.74, 6) is 0. The summed E-state index contributed by atoms with van der Waals surface area (Å²) in [5.41, 5.74) is 19.1. The summed E-state index contributed by atoms with van der Waals surface area (Å²) in [7, 11) is 0. The molecule has 0 saturated heterocycles. The van der Waals surface area contributed by atoms with Gasteiger partial charge in [-0.3, -0.25) is 0 Å². The number of hydrogen-bond donors (Lipinski definition) is 0. The molecule has 2 heteroatoms. The summed E-state index contributed by atoms with van der Waals surface area (Å²) in [6, 6.07) is 90.4. The maximum absolute atomic E-state index is 2.53. The molecule has 0 fully saturated rings. The third kappa shape index (κ3) is 5.45. The number of thiophene rings is 1. The molecular weight excluding hydrogens is 803 g/mol. The Kier molecular flexibility index (Phi) is 8.50. The highest BCUT2D eigenvalue weighted by Gasteiger charge is 2.47. The van der Waals surface area contributed by atoms with Gasteiger partial charge in [0.15, 0.2) is 0 Å². The van der Waals surface area contributed by atoms with Crippen LogP contribution in [-0.4, -0.2) is 0 Å². The molecule has 1 aromatic heterocycles. The van der Waals surface area contributed by atoms with Crippen LogP contribution in [0.5, 0.6) is 0 Å². The average Bonchev–Trinajstić information content (AvgIpc) is 4.00. The van der Waals surface area contributed by atoms with Crippen molar-refractivity contribution in [3.63, 3.8) is 0 Å². The predicted octanol–water partition coefficient (Wildman–Crippen LogP) is 16.9. The van der Waals surface area contributed by atoms with E-state index >= 15 is 0 Å². The molecule has 1 nitrogen and oxygen atoms in total.